The molecular weight excluding hydrogens is 395 g/mol. The summed E-state index contributed by atoms with van der Waals surface area (Å²) in [4.78, 5) is 20.7. The lowest BCUT2D eigenvalue weighted by molar-refractivity contribution is -0.192. The lowest BCUT2D eigenvalue weighted by atomic mass is 9.96. The summed E-state index contributed by atoms with van der Waals surface area (Å²) in [6, 6.07) is 0. The minimum Gasteiger partial charge on any atom is -0.475 e. The summed E-state index contributed by atoms with van der Waals surface area (Å²) in [6.45, 7) is 9.75. The molecule has 1 aliphatic rings. The monoisotopic (exact) mass is 427 g/mol. The van der Waals surface area contributed by atoms with Crippen molar-refractivity contribution in [3.05, 3.63) is 12.3 Å². The maximum atomic E-state index is 11.8. The Labute approximate surface area is 169 Å². The van der Waals surface area contributed by atoms with E-state index in [-0.39, 0.29) is 24.7 Å². The van der Waals surface area contributed by atoms with E-state index in [0.29, 0.717) is 18.9 Å². The standard InChI is InChI=1S/C17H31NO4.C2HF3O2/c1-5-7-13(2)16(20-4)10-14(3)18-11-17(19)22-15-8-6-9-21-12-15;3-2(4,5)1(6)7/h13,15-16,18H,3,5-12H2,1-2,4H3;(H,6,7)/t13-,15+,16-;/m0./s1. The number of aliphatic carboxylic acids is 1. The Hall–Kier alpha value is -1.81. The third-order valence-corrected chi connectivity index (χ3v) is 4.27. The van der Waals surface area contributed by atoms with Crippen LogP contribution in [0.15, 0.2) is 12.3 Å². The van der Waals surface area contributed by atoms with E-state index in [1.807, 2.05) is 0 Å². The lowest BCUT2D eigenvalue weighted by Crippen LogP contribution is -2.33. The number of halogens is 3. The highest BCUT2D eigenvalue weighted by molar-refractivity contribution is 5.73. The molecule has 3 atom stereocenters. The van der Waals surface area contributed by atoms with Crippen molar-refractivity contribution in [3.63, 3.8) is 0 Å². The van der Waals surface area contributed by atoms with Crippen LogP contribution in [0.3, 0.4) is 0 Å². The summed E-state index contributed by atoms with van der Waals surface area (Å²) in [5, 5.41) is 10.2. The van der Waals surface area contributed by atoms with Crippen LogP contribution in [0.5, 0.6) is 0 Å². The fourth-order valence-electron chi connectivity index (χ4n) is 2.70. The number of alkyl halides is 3. The van der Waals surface area contributed by atoms with Crippen molar-refractivity contribution in [2.75, 3.05) is 26.9 Å². The average molecular weight is 427 g/mol. The Morgan fingerprint density at radius 2 is 2.00 bits per heavy atom. The predicted octanol–water partition coefficient (Wildman–Crippen LogP) is 3.29. The van der Waals surface area contributed by atoms with Crippen molar-refractivity contribution in [2.24, 2.45) is 5.92 Å². The number of ether oxygens (including phenoxy) is 3. The van der Waals surface area contributed by atoms with Crippen LogP contribution in [-0.2, 0) is 23.8 Å². The molecule has 1 rings (SSSR count). The Kier molecular flexibility index (Phi) is 13.3. The molecule has 0 aromatic heterocycles. The Balaban J connectivity index is 0.000000956. The van der Waals surface area contributed by atoms with Crippen molar-refractivity contribution in [3.8, 4) is 0 Å². The maximum Gasteiger partial charge on any atom is 0.490 e. The van der Waals surface area contributed by atoms with Gasteiger partial charge in [0.1, 0.15) is 12.6 Å². The number of carboxylic acid groups (broad SMARTS) is 1. The van der Waals surface area contributed by atoms with Gasteiger partial charge < -0.3 is 24.6 Å². The zero-order chi connectivity index (χ0) is 22.4. The van der Waals surface area contributed by atoms with Gasteiger partial charge in [-0.15, -0.1) is 0 Å². The highest BCUT2D eigenvalue weighted by Gasteiger charge is 2.38. The van der Waals surface area contributed by atoms with Gasteiger partial charge in [0.2, 0.25) is 0 Å². The second kappa shape index (κ2) is 14.2. The van der Waals surface area contributed by atoms with Gasteiger partial charge in [0.15, 0.2) is 0 Å². The van der Waals surface area contributed by atoms with Gasteiger partial charge in [-0.2, -0.15) is 13.2 Å². The van der Waals surface area contributed by atoms with E-state index < -0.39 is 12.1 Å². The van der Waals surface area contributed by atoms with Crippen molar-refractivity contribution >= 4 is 11.9 Å². The molecule has 0 radical (unpaired) electrons. The first-order valence-corrected chi connectivity index (χ1v) is 9.52. The van der Waals surface area contributed by atoms with Crippen LogP contribution in [-0.4, -0.2) is 62.3 Å². The molecule has 7 nitrogen and oxygen atoms in total. The molecule has 0 bridgehead atoms. The SMILES string of the molecule is C=C(C[C@H](OC)[C@@H](C)CCC)NCC(=O)O[C@@H]1CCCOC1.O=C(O)C(F)(F)F. The van der Waals surface area contributed by atoms with Crippen LogP contribution >= 0.6 is 0 Å². The molecule has 1 fully saturated rings. The minimum absolute atomic E-state index is 0.104. The van der Waals surface area contributed by atoms with Gasteiger partial charge in [0, 0.05) is 25.8 Å². The fraction of sp³-hybridized carbons (Fsp3) is 0.789. The molecule has 0 amide bonds. The number of methoxy groups -OCH3 is 1. The van der Waals surface area contributed by atoms with E-state index in [9.17, 15) is 18.0 Å². The van der Waals surface area contributed by atoms with Crippen LogP contribution in [0.25, 0.3) is 0 Å². The third-order valence-electron chi connectivity index (χ3n) is 4.27. The zero-order valence-corrected chi connectivity index (χ0v) is 17.2. The number of hydrogen-bond acceptors (Lipinski definition) is 6. The van der Waals surface area contributed by atoms with Crippen molar-refractivity contribution in [2.45, 2.75) is 64.3 Å². The summed E-state index contributed by atoms with van der Waals surface area (Å²) < 4.78 is 47.9. The Morgan fingerprint density at radius 3 is 2.45 bits per heavy atom. The average Bonchev–Trinajstić information content (AvgIpc) is 2.65. The molecule has 0 aromatic carbocycles. The van der Waals surface area contributed by atoms with Gasteiger partial charge in [0.05, 0.1) is 12.7 Å². The van der Waals surface area contributed by atoms with Crippen LogP contribution < -0.4 is 5.32 Å². The predicted molar refractivity (Wildman–Crippen MR) is 100 cm³/mol. The molecular formula is C19H32F3NO6. The molecule has 0 saturated carbocycles. The smallest absolute Gasteiger partial charge is 0.475 e. The number of carbonyl (C=O) groups excluding carboxylic acids is 1. The number of rotatable bonds is 10. The van der Waals surface area contributed by atoms with E-state index in [1.165, 1.54) is 0 Å². The summed E-state index contributed by atoms with van der Waals surface area (Å²) in [7, 11) is 1.72. The highest BCUT2D eigenvalue weighted by atomic mass is 19.4. The number of esters is 1. The molecule has 1 saturated heterocycles. The topological polar surface area (TPSA) is 94.1 Å². The van der Waals surface area contributed by atoms with E-state index >= 15 is 0 Å². The molecule has 170 valence electrons. The summed E-state index contributed by atoms with van der Waals surface area (Å²) >= 11 is 0. The molecule has 1 heterocycles. The van der Waals surface area contributed by atoms with Crippen LogP contribution in [0.2, 0.25) is 0 Å². The summed E-state index contributed by atoms with van der Waals surface area (Å²) in [5.41, 5.74) is 0.812. The normalized spacial score (nSPS) is 18.6. The molecule has 2 N–H and O–H groups in total. The van der Waals surface area contributed by atoms with Crippen molar-refractivity contribution in [1.82, 2.24) is 5.32 Å². The number of nitrogens with one attached hydrogen (secondary N) is 1. The van der Waals surface area contributed by atoms with Crippen LogP contribution in [0, 0.1) is 5.92 Å². The quantitative estimate of drug-likeness (QED) is 0.517. The largest absolute Gasteiger partial charge is 0.490 e. The van der Waals surface area contributed by atoms with Crippen molar-refractivity contribution < 1.29 is 42.1 Å². The van der Waals surface area contributed by atoms with Crippen LogP contribution in [0.4, 0.5) is 13.2 Å². The number of carboxylic acids is 1. The van der Waals surface area contributed by atoms with E-state index in [4.69, 9.17) is 24.1 Å². The fourth-order valence-corrected chi connectivity index (χ4v) is 2.70. The molecule has 1 aliphatic heterocycles. The first-order chi connectivity index (χ1) is 13.5. The Bertz CT molecular complexity index is 507. The maximum absolute atomic E-state index is 11.8. The van der Waals surface area contributed by atoms with Gasteiger partial charge in [0.25, 0.3) is 0 Å². The van der Waals surface area contributed by atoms with Crippen LogP contribution in [0.1, 0.15) is 46.0 Å². The number of hydrogen-bond donors (Lipinski definition) is 2. The zero-order valence-electron chi connectivity index (χ0n) is 17.2. The van der Waals surface area contributed by atoms with E-state index in [2.05, 4.69) is 25.7 Å². The van der Waals surface area contributed by atoms with Gasteiger partial charge >= 0.3 is 18.1 Å². The van der Waals surface area contributed by atoms with E-state index in [0.717, 1.165) is 38.0 Å². The molecule has 0 spiro atoms. The molecule has 0 aliphatic carbocycles. The first kappa shape index (κ1) is 27.2. The third kappa shape index (κ3) is 13.1. The van der Waals surface area contributed by atoms with Gasteiger partial charge in [-0.3, -0.25) is 4.79 Å². The Morgan fingerprint density at radius 1 is 1.38 bits per heavy atom. The second-order valence-electron chi connectivity index (χ2n) is 6.83. The molecule has 29 heavy (non-hydrogen) atoms. The lowest BCUT2D eigenvalue weighted by Gasteiger charge is -2.24. The summed E-state index contributed by atoms with van der Waals surface area (Å²) in [5.74, 6) is -2.54. The summed E-state index contributed by atoms with van der Waals surface area (Å²) in [6.07, 6.45) is -0.269. The van der Waals surface area contributed by atoms with Gasteiger partial charge in [-0.25, -0.2) is 4.79 Å². The second-order valence-corrected chi connectivity index (χ2v) is 6.83. The highest BCUT2D eigenvalue weighted by Crippen LogP contribution is 2.18. The minimum atomic E-state index is -5.08. The van der Waals surface area contributed by atoms with Gasteiger partial charge in [-0.05, 0) is 25.2 Å². The molecule has 10 heteroatoms. The van der Waals surface area contributed by atoms with E-state index in [1.54, 1.807) is 7.11 Å². The molecule has 0 aromatic rings. The van der Waals surface area contributed by atoms with Gasteiger partial charge in [-0.1, -0.05) is 26.8 Å². The molecule has 0 unspecified atom stereocenters. The number of carbonyl (C=O) groups is 2. The first-order valence-electron chi connectivity index (χ1n) is 9.52. The van der Waals surface area contributed by atoms with Crippen molar-refractivity contribution in [1.29, 1.82) is 0 Å².